The maximum Gasteiger partial charge on any atom is 0.255 e. The standard InChI is InChI=1S/C58H108N2O3/c1-4-7-10-13-16-19-21-23-25-27-29-31-33-35-37-39-42-45-50-59-57(61)54-48-49-55(56(53-54)63-52-47-44-41-18-15-12-9-6-3)58(62)60-51-46-43-40-38-36-34-32-30-28-26-24-22-20-17-14-11-8-5-2/h48-49,53H,4-47,50-52H2,1-3H3,(H,59,61)(H,60,62). The number of unbranched alkanes of at least 4 members (excludes halogenated alkanes) is 41. The average Bonchev–Trinajstić information content (AvgIpc) is 3.29. The monoisotopic (exact) mass is 881 g/mol. The van der Waals surface area contributed by atoms with Crippen LogP contribution in [-0.4, -0.2) is 31.5 Å². The van der Waals surface area contributed by atoms with E-state index in [0.29, 0.717) is 36.6 Å². The van der Waals surface area contributed by atoms with Crippen molar-refractivity contribution < 1.29 is 14.3 Å². The van der Waals surface area contributed by atoms with E-state index in [1.54, 1.807) is 18.2 Å². The van der Waals surface area contributed by atoms with Crippen LogP contribution in [-0.2, 0) is 0 Å². The quantitative estimate of drug-likeness (QED) is 0.0641. The van der Waals surface area contributed by atoms with Crippen molar-refractivity contribution in [1.29, 1.82) is 0 Å². The van der Waals surface area contributed by atoms with Gasteiger partial charge in [-0.05, 0) is 37.5 Å². The summed E-state index contributed by atoms with van der Waals surface area (Å²) < 4.78 is 6.24. The van der Waals surface area contributed by atoms with Crippen molar-refractivity contribution in [2.24, 2.45) is 0 Å². The van der Waals surface area contributed by atoms with E-state index in [0.717, 1.165) is 38.5 Å². The Hall–Kier alpha value is -2.04. The molecule has 0 fully saturated rings. The fraction of sp³-hybridized carbons (Fsp3) is 0.862. The van der Waals surface area contributed by atoms with Crippen LogP contribution in [0.5, 0.6) is 5.75 Å². The molecule has 0 bridgehead atoms. The first-order valence-electron chi connectivity index (χ1n) is 28.5. The van der Waals surface area contributed by atoms with Gasteiger partial charge < -0.3 is 15.4 Å². The molecule has 0 aromatic heterocycles. The fourth-order valence-electron chi connectivity index (χ4n) is 9.04. The van der Waals surface area contributed by atoms with Gasteiger partial charge in [0, 0.05) is 18.7 Å². The number of ether oxygens (including phenoxy) is 1. The highest BCUT2D eigenvalue weighted by Crippen LogP contribution is 2.23. The Labute approximate surface area is 393 Å². The Morgan fingerprint density at radius 1 is 0.349 bits per heavy atom. The van der Waals surface area contributed by atoms with E-state index in [1.165, 1.54) is 244 Å². The molecule has 0 unspecified atom stereocenters. The Kier molecular flexibility index (Phi) is 44.8. The molecule has 0 aliphatic rings. The van der Waals surface area contributed by atoms with Gasteiger partial charge in [0.2, 0.25) is 0 Å². The molecular weight excluding hydrogens is 773 g/mol. The Bertz CT molecular complexity index is 1120. The molecule has 5 nitrogen and oxygen atoms in total. The Morgan fingerprint density at radius 3 is 0.937 bits per heavy atom. The number of amides is 2. The second-order valence-corrected chi connectivity index (χ2v) is 19.6. The molecule has 0 spiro atoms. The van der Waals surface area contributed by atoms with E-state index in [2.05, 4.69) is 31.4 Å². The van der Waals surface area contributed by atoms with E-state index >= 15 is 0 Å². The largest absolute Gasteiger partial charge is 0.493 e. The summed E-state index contributed by atoms with van der Waals surface area (Å²) in [6.45, 7) is 8.78. The first kappa shape index (κ1) is 59.0. The van der Waals surface area contributed by atoms with Gasteiger partial charge in [0.05, 0.1) is 12.2 Å². The highest BCUT2D eigenvalue weighted by molar-refractivity contribution is 6.00. The lowest BCUT2D eigenvalue weighted by Crippen LogP contribution is -2.26. The van der Waals surface area contributed by atoms with E-state index in [4.69, 9.17) is 4.74 Å². The molecule has 1 rings (SSSR count). The molecule has 1 aromatic rings. The van der Waals surface area contributed by atoms with E-state index < -0.39 is 0 Å². The van der Waals surface area contributed by atoms with Gasteiger partial charge in [0.15, 0.2) is 0 Å². The summed E-state index contributed by atoms with van der Waals surface area (Å²) >= 11 is 0. The smallest absolute Gasteiger partial charge is 0.255 e. The third-order valence-electron chi connectivity index (χ3n) is 13.4. The molecule has 0 saturated heterocycles. The SMILES string of the molecule is CCCCCCCCCCCCCCCCCCCCNC(=O)c1ccc(C(=O)NCCCCCCCCCCCCCCCCCCCC)c(OCCCCCCCCCC)c1. The fourth-order valence-corrected chi connectivity index (χ4v) is 9.04. The van der Waals surface area contributed by atoms with Gasteiger partial charge in [0.1, 0.15) is 5.75 Å². The molecule has 0 aliphatic carbocycles. The van der Waals surface area contributed by atoms with Crippen LogP contribution in [0.15, 0.2) is 18.2 Å². The third kappa shape index (κ3) is 38.9. The first-order valence-corrected chi connectivity index (χ1v) is 28.5. The van der Waals surface area contributed by atoms with Crippen LogP contribution < -0.4 is 15.4 Å². The van der Waals surface area contributed by atoms with Crippen molar-refractivity contribution in [2.75, 3.05) is 19.7 Å². The lowest BCUT2D eigenvalue weighted by Gasteiger charge is -2.14. The predicted molar refractivity (Wildman–Crippen MR) is 277 cm³/mol. The van der Waals surface area contributed by atoms with Crippen molar-refractivity contribution in [2.45, 2.75) is 303 Å². The lowest BCUT2D eigenvalue weighted by molar-refractivity contribution is 0.0937. The number of carbonyl (C=O) groups excluding carboxylic acids is 2. The molecule has 63 heavy (non-hydrogen) atoms. The summed E-state index contributed by atoms with van der Waals surface area (Å²) in [7, 11) is 0. The van der Waals surface area contributed by atoms with E-state index in [9.17, 15) is 9.59 Å². The molecule has 368 valence electrons. The van der Waals surface area contributed by atoms with Crippen LogP contribution in [0.4, 0.5) is 0 Å². The summed E-state index contributed by atoms with van der Waals surface area (Å²) in [5.74, 6) is 0.359. The van der Waals surface area contributed by atoms with Gasteiger partial charge >= 0.3 is 0 Å². The maximum atomic E-state index is 13.4. The zero-order valence-electron chi connectivity index (χ0n) is 42.7. The van der Waals surface area contributed by atoms with Crippen molar-refractivity contribution in [3.63, 3.8) is 0 Å². The number of hydrogen-bond donors (Lipinski definition) is 2. The van der Waals surface area contributed by atoms with Gasteiger partial charge in [-0.25, -0.2) is 0 Å². The zero-order valence-corrected chi connectivity index (χ0v) is 42.7. The van der Waals surface area contributed by atoms with Crippen LogP contribution in [0.3, 0.4) is 0 Å². The first-order chi connectivity index (χ1) is 31.1. The highest BCUT2D eigenvalue weighted by atomic mass is 16.5. The van der Waals surface area contributed by atoms with Crippen LogP contribution >= 0.6 is 0 Å². The zero-order chi connectivity index (χ0) is 45.4. The molecule has 0 atom stereocenters. The van der Waals surface area contributed by atoms with Gasteiger partial charge in [0.25, 0.3) is 11.8 Å². The third-order valence-corrected chi connectivity index (χ3v) is 13.4. The van der Waals surface area contributed by atoms with Crippen molar-refractivity contribution >= 4 is 11.8 Å². The van der Waals surface area contributed by atoms with E-state index in [-0.39, 0.29) is 11.8 Å². The van der Waals surface area contributed by atoms with Crippen LogP contribution in [0, 0.1) is 0 Å². The summed E-state index contributed by atoms with van der Waals surface area (Å²) in [4.78, 5) is 26.5. The van der Waals surface area contributed by atoms with Crippen molar-refractivity contribution in [1.82, 2.24) is 10.6 Å². The van der Waals surface area contributed by atoms with Crippen molar-refractivity contribution in [3.05, 3.63) is 29.3 Å². The number of benzene rings is 1. The van der Waals surface area contributed by atoms with Crippen LogP contribution in [0.2, 0.25) is 0 Å². The number of hydrogen-bond acceptors (Lipinski definition) is 3. The summed E-state index contributed by atoms with van der Waals surface area (Å²) in [6, 6.07) is 5.37. The number of nitrogens with one attached hydrogen (secondary N) is 2. The van der Waals surface area contributed by atoms with Gasteiger partial charge in [-0.3, -0.25) is 9.59 Å². The Balaban J connectivity index is 2.28. The number of rotatable bonds is 50. The topological polar surface area (TPSA) is 67.4 Å². The molecule has 0 aliphatic heterocycles. The van der Waals surface area contributed by atoms with Crippen LogP contribution in [0.1, 0.15) is 324 Å². The minimum Gasteiger partial charge on any atom is -0.493 e. The predicted octanol–water partition coefficient (Wildman–Crippen LogP) is 18.7. The van der Waals surface area contributed by atoms with E-state index in [1.807, 2.05) is 0 Å². The van der Waals surface area contributed by atoms with Crippen molar-refractivity contribution in [3.8, 4) is 5.75 Å². The molecular formula is C58H108N2O3. The molecule has 0 saturated carbocycles. The minimum absolute atomic E-state index is 0.0790. The van der Waals surface area contributed by atoms with Gasteiger partial charge in [-0.1, -0.05) is 284 Å². The second-order valence-electron chi connectivity index (χ2n) is 19.6. The lowest BCUT2D eigenvalue weighted by atomic mass is 10.0. The molecule has 1 aromatic carbocycles. The molecule has 2 amide bonds. The second kappa shape index (κ2) is 47.9. The maximum absolute atomic E-state index is 13.4. The van der Waals surface area contributed by atoms with Gasteiger partial charge in [-0.15, -0.1) is 0 Å². The van der Waals surface area contributed by atoms with Gasteiger partial charge in [-0.2, -0.15) is 0 Å². The minimum atomic E-state index is -0.0985. The number of carbonyl (C=O) groups is 2. The summed E-state index contributed by atoms with van der Waals surface area (Å²) in [5, 5.41) is 6.28. The normalized spacial score (nSPS) is 11.3. The molecule has 0 radical (unpaired) electrons. The Morgan fingerprint density at radius 2 is 0.619 bits per heavy atom. The molecule has 2 N–H and O–H groups in total. The summed E-state index contributed by atoms with van der Waals surface area (Å²) in [6.07, 6.45) is 58.7. The molecule has 0 heterocycles. The average molecular weight is 882 g/mol. The highest BCUT2D eigenvalue weighted by Gasteiger charge is 2.16. The molecule has 5 heteroatoms. The summed E-state index contributed by atoms with van der Waals surface area (Å²) in [5.41, 5.74) is 1.11. The van der Waals surface area contributed by atoms with Crippen LogP contribution in [0.25, 0.3) is 0 Å².